The molecule has 0 unspecified atom stereocenters. The summed E-state index contributed by atoms with van der Waals surface area (Å²) in [6.07, 6.45) is 2.01. The maximum atomic E-state index is 4.97. The van der Waals surface area contributed by atoms with E-state index in [2.05, 4.69) is 168 Å². The standard InChI is InChI=1S/C43H28N2/c1-3-11-29(12-4-1)43-27-33-25-30(21-24-42(33)45(43)34-13-5-2-6-14-34)32-20-23-41(44-28-32)31-19-22-39-37-17-8-7-15-35(37)36-16-9-10-18-38(36)40(39)26-31/h1-28H. The SMILES string of the molecule is c1ccc(-c2cc3cc(-c4ccc(-c5ccc6c7ccccc7c7ccccc7c6c5)nc4)ccc3n2-c2ccccc2)cc1. The van der Waals surface area contributed by atoms with E-state index in [0.29, 0.717) is 0 Å². The lowest BCUT2D eigenvalue weighted by atomic mass is 9.93. The number of benzene rings is 7. The first-order chi connectivity index (χ1) is 22.3. The van der Waals surface area contributed by atoms with Gasteiger partial charge in [-0.2, -0.15) is 0 Å². The first-order valence-electron chi connectivity index (χ1n) is 15.4. The number of pyridine rings is 1. The van der Waals surface area contributed by atoms with E-state index in [-0.39, 0.29) is 0 Å². The summed E-state index contributed by atoms with van der Waals surface area (Å²) in [5.74, 6) is 0. The second kappa shape index (κ2) is 10.3. The molecule has 2 heterocycles. The lowest BCUT2D eigenvalue weighted by Crippen LogP contribution is -1.96. The lowest BCUT2D eigenvalue weighted by Gasteiger charge is -2.12. The van der Waals surface area contributed by atoms with Crippen LogP contribution in [0, 0.1) is 0 Å². The van der Waals surface area contributed by atoms with Gasteiger partial charge in [-0.1, -0.05) is 121 Å². The highest BCUT2D eigenvalue weighted by Gasteiger charge is 2.14. The topological polar surface area (TPSA) is 17.8 Å². The van der Waals surface area contributed by atoms with Crippen LogP contribution >= 0.6 is 0 Å². The highest BCUT2D eigenvalue weighted by Crippen LogP contribution is 2.38. The van der Waals surface area contributed by atoms with Gasteiger partial charge in [-0.05, 0) is 85.9 Å². The van der Waals surface area contributed by atoms with Crippen LogP contribution in [-0.2, 0) is 0 Å². The molecule has 2 nitrogen and oxygen atoms in total. The maximum absolute atomic E-state index is 4.97. The summed E-state index contributed by atoms with van der Waals surface area (Å²) in [7, 11) is 0. The summed E-state index contributed by atoms with van der Waals surface area (Å²) in [6, 6.07) is 58.7. The Bertz CT molecular complexity index is 2470. The van der Waals surface area contributed by atoms with Gasteiger partial charge in [-0.3, -0.25) is 4.98 Å². The molecule has 0 fully saturated rings. The second-order valence-corrected chi connectivity index (χ2v) is 11.6. The Morgan fingerprint density at radius 3 is 1.62 bits per heavy atom. The molecule has 0 aliphatic rings. The van der Waals surface area contributed by atoms with Crippen molar-refractivity contribution in [1.82, 2.24) is 9.55 Å². The van der Waals surface area contributed by atoms with E-state index >= 15 is 0 Å². The summed E-state index contributed by atoms with van der Waals surface area (Å²) < 4.78 is 2.35. The van der Waals surface area contributed by atoms with E-state index in [9.17, 15) is 0 Å². The number of hydrogen-bond donors (Lipinski definition) is 0. The third-order valence-corrected chi connectivity index (χ3v) is 9.02. The Labute approximate surface area is 261 Å². The van der Waals surface area contributed by atoms with Crippen LogP contribution < -0.4 is 0 Å². The van der Waals surface area contributed by atoms with Crippen LogP contribution in [0.1, 0.15) is 0 Å². The number of para-hydroxylation sites is 1. The molecular formula is C43H28N2. The molecule has 0 bridgehead atoms. The van der Waals surface area contributed by atoms with Crippen molar-refractivity contribution < 1.29 is 0 Å². The molecule has 210 valence electrons. The van der Waals surface area contributed by atoms with E-state index in [1.165, 1.54) is 54.5 Å². The minimum atomic E-state index is 0.973. The molecule has 0 atom stereocenters. The summed E-state index contributed by atoms with van der Waals surface area (Å²) in [5.41, 5.74) is 9.07. The van der Waals surface area contributed by atoms with Gasteiger partial charge in [-0.25, -0.2) is 0 Å². The monoisotopic (exact) mass is 572 g/mol. The molecule has 2 heteroatoms. The van der Waals surface area contributed by atoms with Gasteiger partial charge in [0.05, 0.1) is 16.9 Å². The fraction of sp³-hybridized carbons (Fsp3) is 0. The minimum absolute atomic E-state index is 0.973. The van der Waals surface area contributed by atoms with E-state index in [1.54, 1.807) is 0 Å². The number of fused-ring (bicyclic) bond motifs is 7. The van der Waals surface area contributed by atoms with Gasteiger partial charge in [0.1, 0.15) is 0 Å². The van der Waals surface area contributed by atoms with Crippen molar-refractivity contribution in [2.45, 2.75) is 0 Å². The maximum Gasteiger partial charge on any atom is 0.0702 e. The lowest BCUT2D eigenvalue weighted by molar-refractivity contribution is 1.13. The molecule has 0 aliphatic heterocycles. The Morgan fingerprint density at radius 1 is 0.378 bits per heavy atom. The van der Waals surface area contributed by atoms with E-state index in [0.717, 1.165) is 28.1 Å². The van der Waals surface area contributed by atoms with Gasteiger partial charge in [0, 0.05) is 28.4 Å². The summed E-state index contributed by atoms with van der Waals surface area (Å²) >= 11 is 0. The normalized spacial score (nSPS) is 11.6. The molecule has 0 amide bonds. The van der Waals surface area contributed by atoms with E-state index < -0.39 is 0 Å². The number of hydrogen-bond acceptors (Lipinski definition) is 1. The van der Waals surface area contributed by atoms with Gasteiger partial charge in [0.2, 0.25) is 0 Å². The van der Waals surface area contributed by atoms with Crippen molar-refractivity contribution in [2.75, 3.05) is 0 Å². The zero-order valence-electron chi connectivity index (χ0n) is 24.6. The predicted molar refractivity (Wildman–Crippen MR) is 190 cm³/mol. The van der Waals surface area contributed by atoms with Crippen molar-refractivity contribution in [3.63, 3.8) is 0 Å². The van der Waals surface area contributed by atoms with Crippen molar-refractivity contribution >= 4 is 43.2 Å². The van der Waals surface area contributed by atoms with Crippen LogP contribution in [0.5, 0.6) is 0 Å². The number of aromatic nitrogens is 2. The molecular weight excluding hydrogens is 544 g/mol. The third kappa shape index (κ3) is 4.22. The number of rotatable bonds is 4. The van der Waals surface area contributed by atoms with Crippen LogP contribution in [0.4, 0.5) is 0 Å². The van der Waals surface area contributed by atoms with Gasteiger partial charge < -0.3 is 4.57 Å². The highest BCUT2D eigenvalue weighted by molar-refractivity contribution is 6.25. The zero-order chi connectivity index (χ0) is 29.7. The Hall–Kier alpha value is -5.99. The molecule has 0 aliphatic carbocycles. The van der Waals surface area contributed by atoms with Crippen molar-refractivity contribution in [1.29, 1.82) is 0 Å². The van der Waals surface area contributed by atoms with Gasteiger partial charge in [0.15, 0.2) is 0 Å². The summed E-state index contributed by atoms with van der Waals surface area (Å²) in [6.45, 7) is 0. The molecule has 0 radical (unpaired) electrons. The first kappa shape index (κ1) is 25.5. The quantitative estimate of drug-likeness (QED) is 0.192. The zero-order valence-corrected chi connectivity index (χ0v) is 24.6. The Balaban J connectivity index is 1.12. The molecule has 2 aromatic heterocycles. The molecule has 0 spiro atoms. The molecule has 0 N–H and O–H groups in total. The van der Waals surface area contributed by atoms with E-state index in [1.807, 2.05) is 6.20 Å². The largest absolute Gasteiger partial charge is 0.309 e. The van der Waals surface area contributed by atoms with Gasteiger partial charge in [-0.15, -0.1) is 0 Å². The second-order valence-electron chi connectivity index (χ2n) is 11.6. The van der Waals surface area contributed by atoms with Crippen molar-refractivity contribution in [2.24, 2.45) is 0 Å². The molecule has 7 aromatic carbocycles. The van der Waals surface area contributed by atoms with Gasteiger partial charge >= 0.3 is 0 Å². The molecule has 9 rings (SSSR count). The average molecular weight is 573 g/mol. The van der Waals surface area contributed by atoms with Crippen LogP contribution in [0.3, 0.4) is 0 Å². The Kier molecular flexibility index (Phi) is 5.85. The summed E-state index contributed by atoms with van der Waals surface area (Å²) in [4.78, 5) is 4.97. The smallest absolute Gasteiger partial charge is 0.0702 e. The van der Waals surface area contributed by atoms with Crippen molar-refractivity contribution in [3.8, 4) is 39.3 Å². The molecule has 0 saturated heterocycles. The fourth-order valence-corrected chi connectivity index (χ4v) is 6.87. The van der Waals surface area contributed by atoms with Gasteiger partial charge in [0.25, 0.3) is 0 Å². The minimum Gasteiger partial charge on any atom is -0.309 e. The molecule has 9 aromatic rings. The Morgan fingerprint density at radius 2 is 0.956 bits per heavy atom. The van der Waals surface area contributed by atoms with Crippen LogP contribution in [-0.4, -0.2) is 9.55 Å². The van der Waals surface area contributed by atoms with Crippen LogP contribution in [0.25, 0.3) is 82.5 Å². The number of nitrogens with zero attached hydrogens (tertiary/aromatic N) is 2. The highest BCUT2D eigenvalue weighted by atomic mass is 15.0. The summed E-state index contributed by atoms with van der Waals surface area (Å²) in [5, 5.41) is 8.87. The van der Waals surface area contributed by atoms with E-state index in [4.69, 9.17) is 4.98 Å². The van der Waals surface area contributed by atoms with Crippen LogP contribution in [0.15, 0.2) is 170 Å². The molecule has 45 heavy (non-hydrogen) atoms. The molecule has 0 saturated carbocycles. The third-order valence-electron chi connectivity index (χ3n) is 9.02. The predicted octanol–water partition coefficient (Wildman–Crippen LogP) is 11.5. The van der Waals surface area contributed by atoms with Crippen molar-refractivity contribution in [3.05, 3.63) is 170 Å². The fourth-order valence-electron chi connectivity index (χ4n) is 6.87. The average Bonchev–Trinajstić information content (AvgIpc) is 3.51. The first-order valence-corrected chi connectivity index (χ1v) is 15.4. The van der Waals surface area contributed by atoms with Crippen LogP contribution in [0.2, 0.25) is 0 Å².